The highest BCUT2D eigenvalue weighted by atomic mass is 32.2. The van der Waals surface area contributed by atoms with Gasteiger partial charge in [-0.15, -0.1) is 0 Å². The van der Waals surface area contributed by atoms with Crippen molar-refractivity contribution in [2.45, 2.75) is 43.2 Å². The number of fused-ring (bicyclic) bond motifs is 1. The van der Waals surface area contributed by atoms with Crippen molar-refractivity contribution < 1.29 is 9.53 Å². The summed E-state index contributed by atoms with van der Waals surface area (Å²) in [5, 5.41) is 3.47. The van der Waals surface area contributed by atoms with Gasteiger partial charge in [0.25, 0.3) is 5.56 Å². The molecule has 0 aliphatic carbocycles. The van der Waals surface area contributed by atoms with E-state index in [-0.39, 0.29) is 24.0 Å². The normalized spacial score (nSPS) is 15.5. The van der Waals surface area contributed by atoms with Crippen LogP contribution < -0.4 is 15.6 Å². The molecule has 1 amide bonds. The summed E-state index contributed by atoms with van der Waals surface area (Å²) in [6.07, 6.45) is 0.162. The van der Waals surface area contributed by atoms with Crippen molar-refractivity contribution in [3.8, 4) is 5.75 Å². The molecule has 160 valence electrons. The summed E-state index contributed by atoms with van der Waals surface area (Å²) >= 11 is 1.47. The van der Waals surface area contributed by atoms with Gasteiger partial charge < -0.3 is 14.6 Å². The summed E-state index contributed by atoms with van der Waals surface area (Å²) in [6.45, 7) is 3.91. The zero-order chi connectivity index (χ0) is 22.0. The largest absolute Gasteiger partial charge is 0.491 e. The van der Waals surface area contributed by atoms with Crippen LogP contribution in [0.15, 0.2) is 64.5 Å². The molecule has 1 atom stereocenters. The van der Waals surface area contributed by atoms with Gasteiger partial charge in [-0.2, -0.15) is 4.98 Å². The number of nitrogens with zero attached hydrogens (tertiary/aromatic N) is 2. The van der Waals surface area contributed by atoms with Crippen molar-refractivity contribution in [3.63, 3.8) is 0 Å². The number of thioether (sulfide) groups is 1. The third-order valence-electron chi connectivity index (χ3n) is 5.17. The highest BCUT2D eigenvalue weighted by molar-refractivity contribution is 7.98. The first-order valence-corrected chi connectivity index (χ1v) is 11.3. The molecule has 3 aromatic rings. The van der Waals surface area contributed by atoms with E-state index in [1.807, 2.05) is 75.5 Å². The molecule has 4 rings (SSSR count). The summed E-state index contributed by atoms with van der Waals surface area (Å²) < 4.78 is 7.77. The number of amides is 1. The van der Waals surface area contributed by atoms with Crippen LogP contribution >= 0.6 is 11.8 Å². The van der Waals surface area contributed by atoms with Crippen LogP contribution in [0.4, 0.5) is 5.82 Å². The second-order valence-electron chi connectivity index (χ2n) is 7.80. The molecule has 0 saturated carbocycles. The molecule has 1 aromatic heterocycles. The third-order valence-corrected chi connectivity index (χ3v) is 6.27. The Morgan fingerprint density at radius 3 is 2.58 bits per heavy atom. The molecule has 7 heteroatoms. The van der Waals surface area contributed by atoms with Crippen molar-refractivity contribution in [1.82, 2.24) is 9.55 Å². The number of aromatic nitrogens is 2. The van der Waals surface area contributed by atoms with Gasteiger partial charge >= 0.3 is 0 Å². The Hall–Kier alpha value is -3.06. The average molecular weight is 436 g/mol. The molecule has 6 nitrogen and oxygen atoms in total. The first-order chi connectivity index (χ1) is 14.9. The van der Waals surface area contributed by atoms with Crippen LogP contribution in [-0.4, -0.2) is 21.6 Å². The monoisotopic (exact) mass is 435 g/mol. The Labute approximate surface area is 185 Å². The fourth-order valence-corrected chi connectivity index (χ4v) is 4.70. The molecule has 0 bridgehead atoms. The molecular weight excluding hydrogens is 410 g/mol. The minimum Gasteiger partial charge on any atom is -0.491 e. The second kappa shape index (κ2) is 8.98. The summed E-state index contributed by atoms with van der Waals surface area (Å²) in [4.78, 5) is 30.1. The predicted octanol–water partition coefficient (Wildman–Crippen LogP) is 4.33. The number of benzene rings is 2. The van der Waals surface area contributed by atoms with E-state index in [1.165, 1.54) is 11.8 Å². The quantitative estimate of drug-likeness (QED) is 0.461. The molecule has 1 aliphatic heterocycles. The maximum atomic E-state index is 13.1. The van der Waals surface area contributed by atoms with E-state index in [1.54, 1.807) is 4.57 Å². The molecule has 0 saturated heterocycles. The van der Waals surface area contributed by atoms with Gasteiger partial charge in [-0.1, -0.05) is 60.3 Å². The molecule has 0 spiro atoms. The van der Waals surface area contributed by atoms with Crippen LogP contribution in [0.5, 0.6) is 5.75 Å². The van der Waals surface area contributed by atoms with E-state index >= 15 is 0 Å². The van der Waals surface area contributed by atoms with Gasteiger partial charge in [0.15, 0.2) is 5.16 Å². The molecule has 2 heterocycles. The van der Waals surface area contributed by atoms with Gasteiger partial charge in [-0.05, 0) is 25.5 Å². The van der Waals surface area contributed by atoms with Crippen LogP contribution in [0.1, 0.15) is 42.9 Å². The third kappa shape index (κ3) is 4.51. The van der Waals surface area contributed by atoms with Gasteiger partial charge in [-0.3, -0.25) is 9.59 Å². The lowest BCUT2D eigenvalue weighted by atomic mass is 9.86. The van der Waals surface area contributed by atoms with Crippen molar-refractivity contribution >= 4 is 23.5 Å². The van der Waals surface area contributed by atoms with E-state index in [0.29, 0.717) is 28.0 Å². The number of para-hydroxylation sites is 1. The van der Waals surface area contributed by atoms with Gasteiger partial charge in [0.2, 0.25) is 5.91 Å². The first kappa shape index (κ1) is 21.2. The number of ether oxygens (including phenoxy) is 1. The average Bonchev–Trinajstić information content (AvgIpc) is 2.75. The number of rotatable bonds is 6. The van der Waals surface area contributed by atoms with Gasteiger partial charge in [-0.25, -0.2) is 0 Å². The van der Waals surface area contributed by atoms with Crippen LogP contribution in [0.3, 0.4) is 0 Å². The molecule has 1 aliphatic rings. The van der Waals surface area contributed by atoms with Gasteiger partial charge in [0, 0.05) is 30.7 Å². The number of hydrogen-bond donors (Lipinski definition) is 1. The lowest BCUT2D eigenvalue weighted by molar-refractivity contribution is -0.116. The van der Waals surface area contributed by atoms with Crippen molar-refractivity contribution in [2.24, 2.45) is 7.05 Å². The Morgan fingerprint density at radius 2 is 1.84 bits per heavy atom. The maximum absolute atomic E-state index is 13.1. The number of carbonyl (C=O) groups is 1. The molecule has 1 N–H and O–H groups in total. The Morgan fingerprint density at radius 1 is 1.13 bits per heavy atom. The Kier molecular flexibility index (Phi) is 6.13. The Balaban J connectivity index is 1.74. The fourth-order valence-electron chi connectivity index (χ4n) is 3.78. The lowest BCUT2D eigenvalue weighted by Crippen LogP contribution is -2.33. The zero-order valence-corrected chi connectivity index (χ0v) is 18.6. The molecule has 31 heavy (non-hydrogen) atoms. The van der Waals surface area contributed by atoms with Crippen LogP contribution in [0.25, 0.3) is 0 Å². The smallest absolute Gasteiger partial charge is 0.279 e. The predicted molar refractivity (Wildman–Crippen MR) is 123 cm³/mol. The van der Waals surface area contributed by atoms with E-state index in [9.17, 15) is 9.59 Å². The number of anilines is 1. The summed E-state index contributed by atoms with van der Waals surface area (Å²) in [7, 11) is 1.83. The standard InChI is InChI=1S/C24H25N3O3S/c1-15(2)30-19-12-8-7-11-17(19)18-13-20(28)25-22-21(18)23(29)26-24(27(22)3)31-14-16-9-5-4-6-10-16/h4-12,15,18H,13-14H2,1-3H3,(H,25,28). The highest BCUT2D eigenvalue weighted by Gasteiger charge is 2.33. The maximum Gasteiger partial charge on any atom is 0.279 e. The van der Waals surface area contributed by atoms with E-state index in [2.05, 4.69) is 10.3 Å². The molecule has 0 radical (unpaired) electrons. The first-order valence-electron chi connectivity index (χ1n) is 10.3. The summed E-state index contributed by atoms with van der Waals surface area (Å²) in [5.41, 5.74) is 2.16. The second-order valence-corrected chi connectivity index (χ2v) is 8.75. The van der Waals surface area contributed by atoms with E-state index in [0.717, 1.165) is 11.1 Å². The Bertz CT molecular complexity index is 1160. The minimum atomic E-state index is -0.405. The molecule has 0 fully saturated rings. The topological polar surface area (TPSA) is 73.2 Å². The minimum absolute atomic E-state index is 0.0178. The van der Waals surface area contributed by atoms with Crippen molar-refractivity contribution in [2.75, 3.05) is 5.32 Å². The SMILES string of the molecule is CC(C)Oc1ccccc1C1CC(=O)Nc2c1c(=O)nc(SCc1ccccc1)n2C. The van der Waals surface area contributed by atoms with Crippen LogP contribution in [0, 0.1) is 0 Å². The number of hydrogen-bond acceptors (Lipinski definition) is 5. The fraction of sp³-hybridized carbons (Fsp3) is 0.292. The van der Waals surface area contributed by atoms with Gasteiger partial charge in [0.1, 0.15) is 11.6 Å². The lowest BCUT2D eigenvalue weighted by Gasteiger charge is -2.28. The summed E-state index contributed by atoms with van der Waals surface area (Å²) in [5.74, 6) is 1.35. The van der Waals surface area contributed by atoms with E-state index < -0.39 is 5.92 Å². The van der Waals surface area contributed by atoms with Crippen molar-refractivity contribution in [3.05, 3.63) is 81.6 Å². The summed E-state index contributed by atoms with van der Waals surface area (Å²) in [6, 6.07) is 17.6. The van der Waals surface area contributed by atoms with Crippen LogP contribution in [-0.2, 0) is 17.6 Å². The van der Waals surface area contributed by atoms with Crippen LogP contribution in [0.2, 0.25) is 0 Å². The number of nitrogens with one attached hydrogen (secondary N) is 1. The molecular formula is C24H25N3O3S. The van der Waals surface area contributed by atoms with Crippen molar-refractivity contribution in [1.29, 1.82) is 0 Å². The molecule has 1 unspecified atom stereocenters. The highest BCUT2D eigenvalue weighted by Crippen LogP contribution is 2.39. The number of carbonyl (C=O) groups excluding carboxylic acids is 1. The van der Waals surface area contributed by atoms with Gasteiger partial charge in [0.05, 0.1) is 11.7 Å². The van der Waals surface area contributed by atoms with E-state index in [4.69, 9.17) is 4.74 Å². The molecule has 2 aromatic carbocycles. The zero-order valence-electron chi connectivity index (χ0n) is 17.8.